The highest BCUT2D eigenvalue weighted by Gasteiger charge is 2.30. The van der Waals surface area contributed by atoms with Crippen molar-refractivity contribution >= 4 is 5.91 Å². The highest BCUT2D eigenvalue weighted by molar-refractivity contribution is 5.78. The summed E-state index contributed by atoms with van der Waals surface area (Å²) in [5, 5.41) is 8.97. The second-order valence-electron chi connectivity index (χ2n) is 6.28. The first-order valence-electron chi connectivity index (χ1n) is 8.40. The van der Waals surface area contributed by atoms with Crippen molar-refractivity contribution in [2.75, 3.05) is 26.2 Å². The topological polar surface area (TPSA) is 43.8 Å². The van der Waals surface area contributed by atoms with E-state index in [0.717, 1.165) is 38.8 Å². The molecule has 116 valence electrons. The minimum absolute atomic E-state index is 0.266. The van der Waals surface area contributed by atoms with Crippen molar-refractivity contribution in [3.05, 3.63) is 0 Å². The van der Waals surface area contributed by atoms with Crippen LogP contribution in [0, 0.1) is 0 Å². The van der Waals surface area contributed by atoms with E-state index in [9.17, 15) is 4.79 Å². The van der Waals surface area contributed by atoms with Crippen LogP contribution in [0.25, 0.3) is 0 Å². The summed E-state index contributed by atoms with van der Waals surface area (Å²) in [6.07, 6.45) is 8.96. The average Bonchev–Trinajstić information content (AvgIpc) is 2.92. The van der Waals surface area contributed by atoms with E-state index in [1.165, 1.54) is 25.7 Å². The fraction of sp³-hybridized carbons (Fsp3) is 0.938. The Labute approximate surface area is 123 Å². The number of likely N-dealkylation sites (tertiary alicyclic amines) is 2. The number of carbonyl (C=O) groups excluding carboxylic acids is 1. The molecule has 4 nitrogen and oxygen atoms in total. The maximum absolute atomic E-state index is 12.6. The van der Waals surface area contributed by atoms with Gasteiger partial charge in [0, 0.05) is 25.2 Å². The number of aliphatic hydroxyl groups is 1. The molecule has 2 unspecified atom stereocenters. The molecule has 2 aliphatic heterocycles. The van der Waals surface area contributed by atoms with Crippen LogP contribution >= 0.6 is 0 Å². The lowest BCUT2D eigenvalue weighted by Crippen LogP contribution is -2.48. The molecular weight excluding hydrogens is 252 g/mol. The van der Waals surface area contributed by atoms with Crippen LogP contribution in [-0.2, 0) is 4.79 Å². The molecule has 4 heteroatoms. The van der Waals surface area contributed by atoms with E-state index in [-0.39, 0.29) is 6.61 Å². The quantitative estimate of drug-likeness (QED) is 0.810. The third-order valence-corrected chi connectivity index (χ3v) is 4.95. The summed E-state index contributed by atoms with van der Waals surface area (Å²) in [5.74, 6) is 0.326. The zero-order chi connectivity index (χ0) is 14.4. The number of hydrogen-bond acceptors (Lipinski definition) is 3. The van der Waals surface area contributed by atoms with Crippen LogP contribution < -0.4 is 0 Å². The Morgan fingerprint density at radius 1 is 1.15 bits per heavy atom. The van der Waals surface area contributed by atoms with Gasteiger partial charge in [-0.3, -0.25) is 9.69 Å². The van der Waals surface area contributed by atoms with E-state index in [4.69, 9.17) is 5.11 Å². The molecule has 0 aliphatic carbocycles. The third kappa shape index (κ3) is 3.95. The highest BCUT2D eigenvalue weighted by atomic mass is 16.3. The first-order chi connectivity index (χ1) is 9.76. The van der Waals surface area contributed by atoms with Gasteiger partial charge in [0.05, 0.1) is 6.54 Å². The Hall–Kier alpha value is -0.610. The van der Waals surface area contributed by atoms with E-state index in [1.54, 1.807) is 0 Å². The van der Waals surface area contributed by atoms with Gasteiger partial charge in [-0.25, -0.2) is 0 Å². The number of amides is 1. The summed E-state index contributed by atoms with van der Waals surface area (Å²) in [6, 6.07) is 0.978. The Morgan fingerprint density at radius 3 is 2.70 bits per heavy atom. The summed E-state index contributed by atoms with van der Waals surface area (Å²) in [4.78, 5) is 17.1. The minimum atomic E-state index is 0.266. The predicted octanol–water partition coefficient (Wildman–Crippen LogP) is 2.01. The molecule has 2 saturated heterocycles. The van der Waals surface area contributed by atoms with Crippen molar-refractivity contribution < 1.29 is 9.90 Å². The number of aliphatic hydroxyl groups excluding tert-OH is 1. The molecule has 0 aromatic heterocycles. The molecule has 2 atom stereocenters. The lowest BCUT2D eigenvalue weighted by Gasteiger charge is -2.37. The largest absolute Gasteiger partial charge is 0.396 e. The molecule has 0 bridgehead atoms. The standard InChI is InChI=1S/C16H30N2O2/c1-2-14-7-3-4-11-18(14)16(20)13-17-10-5-8-15(17)9-6-12-19/h14-15,19H,2-13H2,1H3. The van der Waals surface area contributed by atoms with Gasteiger partial charge in [0.25, 0.3) is 0 Å². The van der Waals surface area contributed by atoms with Crippen molar-refractivity contribution in [3.63, 3.8) is 0 Å². The zero-order valence-electron chi connectivity index (χ0n) is 12.9. The Morgan fingerprint density at radius 2 is 1.95 bits per heavy atom. The van der Waals surface area contributed by atoms with Crippen molar-refractivity contribution in [2.24, 2.45) is 0 Å². The van der Waals surface area contributed by atoms with Gasteiger partial charge in [-0.2, -0.15) is 0 Å². The van der Waals surface area contributed by atoms with Crippen LogP contribution in [-0.4, -0.2) is 59.1 Å². The molecule has 2 aliphatic rings. The van der Waals surface area contributed by atoms with Gasteiger partial charge in [0.15, 0.2) is 0 Å². The molecule has 2 fully saturated rings. The fourth-order valence-electron chi connectivity index (χ4n) is 3.78. The number of nitrogens with zero attached hydrogens (tertiary/aromatic N) is 2. The summed E-state index contributed by atoms with van der Waals surface area (Å²) >= 11 is 0. The average molecular weight is 282 g/mol. The summed E-state index contributed by atoms with van der Waals surface area (Å²) in [7, 11) is 0. The molecule has 0 aromatic rings. The molecular formula is C16H30N2O2. The van der Waals surface area contributed by atoms with E-state index in [0.29, 0.717) is 24.5 Å². The lowest BCUT2D eigenvalue weighted by atomic mass is 10.00. The van der Waals surface area contributed by atoms with Gasteiger partial charge < -0.3 is 10.0 Å². The Balaban J connectivity index is 1.86. The van der Waals surface area contributed by atoms with E-state index < -0.39 is 0 Å². The first-order valence-corrected chi connectivity index (χ1v) is 8.40. The van der Waals surface area contributed by atoms with Crippen LogP contribution in [0.2, 0.25) is 0 Å². The highest BCUT2D eigenvalue weighted by Crippen LogP contribution is 2.23. The zero-order valence-corrected chi connectivity index (χ0v) is 12.9. The maximum atomic E-state index is 12.6. The fourth-order valence-corrected chi connectivity index (χ4v) is 3.78. The summed E-state index contributed by atoms with van der Waals surface area (Å²) < 4.78 is 0. The van der Waals surface area contributed by atoms with Gasteiger partial charge in [-0.1, -0.05) is 6.92 Å². The number of hydrogen-bond donors (Lipinski definition) is 1. The number of piperidine rings is 1. The predicted molar refractivity (Wildman–Crippen MR) is 80.6 cm³/mol. The summed E-state index contributed by atoms with van der Waals surface area (Å²) in [5.41, 5.74) is 0. The van der Waals surface area contributed by atoms with Gasteiger partial charge in [0.2, 0.25) is 5.91 Å². The smallest absolute Gasteiger partial charge is 0.237 e. The molecule has 0 saturated carbocycles. The lowest BCUT2D eigenvalue weighted by molar-refractivity contribution is -0.136. The van der Waals surface area contributed by atoms with E-state index in [2.05, 4.69) is 16.7 Å². The van der Waals surface area contributed by atoms with E-state index in [1.807, 2.05) is 0 Å². The number of carbonyl (C=O) groups is 1. The van der Waals surface area contributed by atoms with Crippen LogP contribution in [0.4, 0.5) is 0 Å². The van der Waals surface area contributed by atoms with Crippen LogP contribution in [0.15, 0.2) is 0 Å². The molecule has 0 radical (unpaired) electrons. The van der Waals surface area contributed by atoms with Gasteiger partial charge >= 0.3 is 0 Å². The number of rotatable bonds is 6. The molecule has 20 heavy (non-hydrogen) atoms. The Bertz CT molecular complexity index is 309. The van der Waals surface area contributed by atoms with Crippen molar-refractivity contribution in [3.8, 4) is 0 Å². The Kier molecular flexibility index (Phi) is 6.30. The second kappa shape index (κ2) is 7.99. The van der Waals surface area contributed by atoms with Gasteiger partial charge in [-0.05, 0) is 57.9 Å². The molecule has 2 heterocycles. The molecule has 2 rings (SSSR count). The normalized spacial score (nSPS) is 28.0. The molecule has 1 N–H and O–H groups in total. The summed E-state index contributed by atoms with van der Waals surface area (Å²) in [6.45, 7) is 5.05. The monoisotopic (exact) mass is 282 g/mol. The van der Waals surface area contributed by atoms with Crippen molar-refractivity contribution in [1.82, 2.24) is 9.80 Å². The van der Waals surface area contributed by atoms with Crippen LogP contribution in [0.5, 0.6) is 0 Å². The van der Waals surface area contributed by atoms with E-state index >= 15 is 0 Å². The molecule has 0 spiro atoms. The SMILES string of the molecule is CCC1CCCCN1C(=O)CN1CCCC1CCCO. The van der Waals surface area contributed by atoms with Crippen molar-refractivity contribution in [1.29, 1.82) is 0 Å². The maximum Gasteiger partial charge on any atom is 0.237 e. The third-order valence-electron chi connectivity index (χ3n) is 4.95. The molecule has 0 aromatic carbocycles. The van der Waals surface area contributed by atoms with Gasteiger partial charge in [-0.15, -0.1) is 0 Å². The second-order valence-corrected chi connectivity index (χ2v) is 6.28. The van der Waals surface area contributed by atoms with Crippen molar-refractivity contribution in [2.45, 2.75) is 70.4 Å². The first kappa shape index (κ1) is 15.8. The van der Waals surface area contributed by atoms with Crippen LogP contribution in [0.3, 0.4) is 0 Å². The van der Waals surface area contributed by atoms with Crippen LogP contribution in [0.1, 0.15) is 58.3 Å². The molecule has 1 amide bonds. The van der Waals surface area contributed by atoms with Gasteiger partial charge in [0.1, 0.15) is 0 Å². The minimum Gasteiger partial charge on any atom is -0.396 e.